The molecule has 0 atom stereocenters. The van der Waals surface area contributed by atoms with E-state index in [9.17, 15) is 9.90 Å². The molecule has 1 aliphatic rings. The summed E-state index contributed by atoms with van der Waals surface area (Å²) >= 11 is 3.39. The van der Waals surface area contributed by atoms with Crippen LogP contribution in [0.15, 0.2) is 41.0 Å². The molecule has 1 saturated carbocycles. The Hall–Kier alpha value is -1.62. The normalized spacial score (nSPS) is 16.9. The Morgan fingerprint density at radius 1 is 1.26 bits per heavy atom. The zero-order valence-corrected chi connectivity index (χ0v) is 11.8. The minimum Gasteiger partial charge on any atom is -0.481 e. The van der Waals surface area contributed by atoms with E-state index in [1.807, 2.05) is 36.5 Å². The number of aliphatic carboxylic acids is 1. The standard InChI is InChI=1S/C14H13BrN2O2/c15-10-2-4-11(5-3-10)17-9-6-12(16-17)14(13(18)19)7-1-8-14/h2-6,9H,1,7-8H2,(H,18,19). The second-order valence-electron chi connectivity index (χ2n) is 4.86. The van der Waals surface area contributed by atoms with Crippen LogP contribution in [0.5, 0.6) is 0 Å². The molecule has 0 amide bonds. The molecule has 1 N–H and O–H groups in total. The lowest BCUT2D eigenvalue weighted by Crippen LogP contribution is -2.42. The molecule has 3 rings (SSSR count). The van der Waals surface area contributed by atoms with Crippen molar-refractivity contribution in [3.05, 3.63) is 46.7 Å². The largest absolute Gasteiger partial charge is 0.481 e. The van der Waals surface area contributed by atoms with Crippen molar-refractivity contribution in [3.63, 3.8) is 0 Å². The van der Waals surface area contributed by atoms with Crippen LogP contribution in [0.1, 0.15) is 25.0 Å². The van der Waals surface area contributed by atoms with Crippen LogP contribution in [0.4, 0.5) is 0 Å². The molecule has 1 aromatic carbocycles. The number of halogens is 1. The van der Waals surface area contributed by atoms with E-state index in [-0.39, 0.29) is 0 Å². The van der Waals surface area contributed by atoms with Crippen molar-refractivity contribution < 1.29 is 9.90 Å². The second-order valence-corrected chi connectivity index (χ2v) is 5.78. The fourth-order valence-corrected chi connectivity index (χ4v) is 2.69. The summed E-state index contributed by atoms with van der Waals surface area (Å²) in [6, 6.07) is 9.57. The summed E-state index contributed by atoms with van der Waals surface area (Å²) < 4.78 is 2.73. The zero-order chi connectivity index (χ0) is 13.5. The molecule has 1 aromatic heterocycles. The van der Waals surface area contributed by atoms with Gasteiger partial charge in [0.05, 0.1) is 11.4 Å². The quantitative estimate of drug-likeness (QED) is 0.945. The molecule has 0 aliphatic heterocycles. The summed E-state index contributed by atoms with van der Waals surface area (Å²) in [5.74, 6) is -0.764. The summed E-state index contributed by atoms with van der Waals surface area (Å²) in [5.41, 5.74) is 0.823. The predicted molar refractivity (Wildman–Crippen MR) is 74.4 cm³/mol. The molecule has 4 nitrogen and oxygen atoms in total. The lowest BCUT2D eigenvalue weighted by atomic mass is 9.67. The number of nitrogens with zero attached hydrogens (tertiary/aromatic N) is 2. The van der Waals surface area contributed by atoms with Gasteiger partial charge in [-0.3, -0.25) is 4.79 Å². The van der Waals surface area contributed by atoms with Gasteiger partial charge in [-0.05, 0) is 43.2 Å². The first-order chi connectivity index (χ1) is 9.12. The minimum absolute atomic E-state index is 0.661. The highest BCUT2D eigenvalue weighted by atomic mass is 79.9. The number of hydrogen-bond donors (Lipinski definition) is 1. The number of carboxylic acid groups (broad SMARTS) is 1. The summed E-state index contributed by atoms with van der Waals surface area (Å²) in [6.45, 7) is 0. The van der Waals surface area contributed by atoms with Crippen LogP contribution in [0, 0.1) is 0 Å². The average Bonchev–Trinajstić information content (AvgIpc) is 2.77. The topological polar surface area (TPSA) is 55.1 Å². The molecule has 0 radical (unpaired) electrons. The lowest BCUT2D eigenvalue weighted by molar-refractivity contribution is -0.147. The van der Waals surface area contributed by atoms with Crippen LogP contribution in [-0.2, 0) is 10.2 Å². The maximum absolute atomic E-state index is 11.4. The highest BCUT2D eigenvalue weighted by molar-refractivity contribution is 9.10. The molecule has 0 bridgehead atoms. The Kier molecular flexibility index (Phi) is 2.93. The number of aromatic nitrogens is 2. The maximum Gasteiger partial charge on any atom is 0.315 e. The molecule has 0 unspecified atom stereocenters. The van der Waals surface area contributed by atoms with E-state index in [0.717, 1.165) is 16.6 Å². The Balaban J connectivity index is 1.95. The summed E-state index contributed by atoms with van der Waals surface area (Å²) in [4.78, 5) is 11.4. The molecule has 5 heteroatoms. The van der Waals surface area contributed by atoms with Gasteiger partial charge in [0.25, 0.3) is 0 Å². The molecule has 0 spiro atoms. The van der Waals surface area contributed by atoms with Crippen molar-refractivity contribution in [1.29, 1.82) is 0 Å². The van der Waals surface area contributed by atoms with Crippen molar-refractivity contribution >= 4 is 21.9 Å². The maximum atomic E-state index is 11.4. The van der Waals surface area contributed by atoms with Crippen molar-refractivity contribution in [2.75, 3.05) is 0 Å². The first-order valence-electron chi connectivity index (χ1n) is 6.17. The van der Waals surface area contributed by atoms with Gasteiger partial charge < -0.3 is 5.11 Å². The number of carboxylic acids is 1. The molecule has 1 aliphatic carbocycles. The second kappa shape index (κ2) is 4.49. The van der Waals surface area contributed by atoms with E-state index < -0.39 is 11.4 Å². The minimum atomic E-state index is -0.764. The van der Waals surface area contributed by atoms with Crippen molar-refractivity contribution in [2.45, 2.75) is 24.7 Å². The summed E-state index contributed by atoms with van der Waals surface area (Å²) in [5, 5.41) is 13.8. The fourth-order valence-electron chi connectivity index (χ4n) is 2.43. The highest BCUT2D eigenvalue weighted by Gasteiger charge is 2.47. The molecule has 1 heterocycles. The monoisotopic (exact) mass is 320 g/mol. The van der Waals surface area contributed by atoms with Gasteiger partial charge in [0.1, 0.15) is 5.41 Å². The van der Waals surface area contributed by atoms with E-state index in [1.54, 1.807) is 4.68 Å². The first kappa shape index (κ1) is 12.4. The smallest absolute Gasteiger partial charge is 0.315 e. The van der Waals surface area contributed by atoms with Crippen LogP contribution in [0.2, 0.25) is 0 Å². The number of hydrogen-bond acceptors (Lipinski definition) is 2. The average molecular weight is 321 g/mol. The molecule has 0 saturated heterocycles. The van der Waals surface area contributed by atoms with E-state index in [1.165, 1.54) is 0 Å². The first-order valence-corrected chi connectivity index (χ1v) is 6.97. The summed E-state index contributed by atoms with van der Waals surface area (Å²) in [7, 11) is 0. The van der Waals surface area contributed by atoms with Crippen molar-refractivity contribution in [3.8, 4) is 5.69 Å². The van der Waals surface area contributed by atoms with Gasteiger partial charge in [-0.25, -0.2) is 4.68 Å². The number of carbonyl (C=O) groups is 1. The van der Waals surface area contributed by atoms with Gasteiger partial charge >= 0.3 is 5.97 Å². The van der Waals surface area contributed by atoms with Gasteiger partial charge in [-0.15, -0.1) is 0 Å². The van der Waals surface area contributed by atoms with E-state index in [2.05, 4.69) is 21.0 Å². The van der Waals surface area contributed by atoms with Crippen LogP contribution in [0.25, 0.3) is 5.69 Å². The van der Waals surface area contributed by atoms with Gasteiger partial charge in [-0.1, -0.05) is 22.4 Å². The Morgan fingerprint density at radius 3 is 2.47 bits per heavy atom. The molecular weight excluding hydrogens is 308 g/mol. The Labute approximate surface area is 119 Å². The van der Waals surface area contributed by atoms with Crippen molar-refractivity contribution in [2.24, 2.45) is 0 Å². The molecule has 98 valence electrons. The summed E-state index contributed by atoms with van der Waals surface area (Å²) in [6.07, 6.45) is 4.14. The third kappa shape index (κ3) is 1.98. The van der Waals surface area contributed by atoms with E-state index >= 15 is 0 Å². The third-order valence-electron chi connectivity index (χ3n) is 3.79. The van der Waals surface area contributed by atoms with Crippen LogP contribution in [-0.4, -0.2) is 20.9 Å². The van der Waals surface area contributed by atoms with Crippen LogP contribution < -0.4 is 0 Å². The Bertz CT molecular complexity index is 615. The predicted octanol–water partition coefficient (Wildman–Crippen LogP) is 3.14. The van der Waals surface area contributed by atoms with E-state index in [4.69, 9.17) is 0 Å². The SMILES string of the molecule is O=C(O)C1(c2ccn(-c3ccc(Br)cc3)n2)CCC1. The van der Waals surface area contributed by atoms with Gasteiger partial charge in [0.2, 0.25) is 0 Å². The van der Waals surface area contributed by atoms with Crippen molar-refractivity contribution in [1.82, 2.24) is 9.78 Å². The number of rotatable bonds is 3. The van der Waals surface area contributed by atoms with Crippen LogP contribution >= 0.6 is 15.9 Å². The zero-order valence-electron chi connectivity index (χ0n) is 10.2. The van der Waals surface area contributed by atoms with Gasteiger partial charge in [0, 0.05) is 10.7 Å². The van der Waals surface area contributed by atoms with Gasteiger partial charge in [0.15, 0.2) is 0 Å². The lowest BCUT2D eigenvalue weighted by Gasteiger charge is -2.35. The molecule has 19 heavy (non-hydrogen) atoms. The molecule has 1 fully saturated rings. The number of benzene rings is 1. The third-order valence-corrected chi connectivity index (χ3v) is 4.32. The van der Waals surface area contributed by atoms with E-state index in [0.29, 0.717) is 18.5 Å². The molecule has 2 aromatic rings. The Morgan fingerprint density at radius 2 is 1.95 bits per heavy atom. The molecular formula is C14H13BrN2O2. The fraction of sp³-hybridized carbons (Fsp3) is 0.286. The highest BCUT2D eigenvalue weighted by Crippen LogP contribution is 2.43. The van der Waals surface area contributed by atoms with Gasteiger partial charge in [-0.2, -0.15) is 5.10 Å². The van der Waals surface area contributed by atoms with Crippen LogP contribution in [0.3, 0.4) is 0 Å².